The number of hydrogen-bond donors (Lipinski definition) is 1. The number of rotatable bonds is 3. The van der Waals surface area contributed by atoms with Crippen molar-refractivity contribution >= 4 is 34.3 Å². The molecule has 1 aliphatic rings. The van der Waals surface area contributed by atoms with Gasteiger partial charge in [-0.3, -0.25) is 4.79 Å². The van der Waals surface area contributed by atoms with Gasteiger partial charge >= 0.3 is 5.97 Å². The van der Waals surface area contributed by atoms with E-state index in [4.69, 9.17) is 16.6 Å². The topological polar surface area (TPSA) is 71.2 Å². The van der Waals surface area contributed by atoms with Crippen molar-refractivity contribution in [3.63, 3.8) is 0 Å². The van der Waals surface area contributed by atoms with Crippen molar-refractivity contribution in [2.75, 3.05) is 18.0 Å². The van der Waals surface area contributed by atoms with E-state index < -0.39 is 5.97 Å². The average Bonchev–Trinajstić information content (AvgIpc) is 3.15. The summed E-state index contributed by atoms with van der Waals surface area (Å²) in [6.07, 6.45) is 6.89. The molecule has 1 aromatic carbocycles. The third kappa shape index (κ3) is 3.05. The van der Waals surface area contributed by atoms with Gasteiger partial charge < -0.3 is 14.6 Å². The van der Waals surface area contributed by atoms with E-state index in [9.17, 15) is 9.90 Å². The second-order valence-electron chi connectivity index (χ2n) is 6.25. The highest BCUT2D eigenvalue weighted by atomic mass is 35.5. The van der Waals surface area contributed by atoms with Crippen molar-refractivity contribution in [3.8, 4) is 5.69 Å². The highest BCUT2D eigenvalue weighted by Crippen LogP contribution is 2.30. The number of hydrogen-bond acceptors (Lipinski definition) is 4. The van der Waals surface area contributed by atoms with Gasteiger partial charge in [-0.15, -0.1) is 0 Å². The summed E-state index contributed by atoms with van der Waals surface area (Å²) in [6, 6.07) is 7.61. The Kier molecular flexibility index (Phi) is 4.05. The van der Waals surface area contributed by atoms with Crippen LogP contribution in [0.4, 0.5) is 5.82 Å². The zero-order chi connectivity index (χ0) is 17.4. The summed E-state index contributed by atoms with van der Waals surface area (Å²) >= 11 is 6.15. The molecule has 0 amide bonds. The number of anilines is 1. The fraction of sp³-hybridized carbons (Fsp3) is 0.278. The molecule has 6 nitrogen and oxygen atoms in total. The van der Waals surface area contributed by atoms with Crippen molar-refractivity contribution in [1.82, 2.24) is 14.5 Å². The van der Waals surface area contributed by atoms with E-state index in [-0.39, 0.29) is 5.92 Å². The summed E-state index contributed by atoms with van der Waals surface area (Å²) in [7, 11) is 0. The van der Waals surface area contributed by atoms with Gasteiger partial charge in [-0.2, -0.15) is 0 Å². The summed E-state index contributed by atoms with van der Waals surface area (Å²) in [4.78, 5) is 22.3. The zero-order valence-corrected chi connectivity index (χ0v) is 14.2. The van der Waals surface area contributed by atoms with Gasteiger partial charge in [0.25, 0.3) is 0 Å². The number of carbonyl (C=O) groups is 1. The first-order chi connectivity index (χ1) is 12.1. The summed E-state index contributed by atoms with van der Waals surface area (Å²) in [5.41, 5.74) is 1.73. The van der Waals surface area contributed by atoms with Crippen LogP contribution in [0.25, 0.3) is 16.6 Å². The zero-order valence-electron chi connectivity index (χ0n) is 13.5. The Balaban J connectivity index is 1.83. The smallest absolute Gasteiger partial charge is 0.308 e. The average molecular weight is 357 g/mol. The van der Waals surface area contributed by atoms with Crippen LogP contribution in [0.15, 0.2) is 43.0 Å². The molecule has 128 valence electrons. The molecule has 0 aliphatic carbocycles. The van der Waals surface area contributed by atoms with Crippen LogP contribution in [0.1, 0.15) is 12.8 Å². The Morgan fingerprint density at radius 1 is 1.32 bits per heavy atom. The van der Waals surface area contributed by atoms with Gasteiger partial charge in [-0.25, -0.2) is 9.97 Å². The lowest BCUT2D eigenvalue weighted by molar-refractivity contribution is -0.141. The van der Waals surface area contributed by atoms with E-state index in [2.05, 4.69) is 4.98 Å². The normalized spacial score (nSPS) is 17.8. The second-order valence-corrected chi connectivity index (χ2v) is 6.69. The van der Waals surface area contributed by atoms with E-state index in [0.29, 0.717) is 18.0 Å². The minimum absolute atomic E-state index is 0.359. The molecule has 1 N–H and O–H groups in total. The lowest BCUT2D eigenvalue weighted by Gasteiger charge is -2.32. The van der Waals surface area contributed by atoms with Gasteiger partial charge in [-0.1, -0.05) is 11.6 Å². The summed E-state index contributed by atoms with van der Waals surface area (Å²) < 4.78 is 1.93. The summed E-state index contributed by atoms with van der Waals surface area (Å²) in [5.74, 6) is -0.338. The maximum atomic E-state index is 11.4. The minimum atomic E-state index is -0.747. The molecule has 7 heteroatoms. The summed E-state index contributed by atoms with van der Waals surface area (Å²) in [5, 5.41) is 10.9. The van der Waals surface area contributed by atoms with E-state index in [1.807, 2.05) is 39.9 Å². The van der Waals surface area contributed by atoms with Gasteiger partial charge in [0, 0.05) is 42.0 Å². The molecule has 0 radical (unpaired) electrons. The fourth-order valence-corrected chi connectivity index (χ4v) is 3.50. The predicted octanol–water partition coefficient (Wildman–Crippen LogP) is 3.37. The Hall–Kier alpha value is -2.60. The first-order valence-electron chi connectivity index (χ1n) is 8.18. The number of nitrogens with zero attached hydrogens (tertiary/aromatic N) is 4. The van der Waals surface area contributed by atoms with E-state index in [0.717, 1.165) is 35.4 Å². The molecule has 1 saturated heterocycles. The molecule has 2 aromatic heterocycles. The lowest BCUT2D eigenvalue weighted by atomic mass is 9.98. The predicted molar refractivity (Wildman–Crippen MR) is 96.4 cm³/mol. The van der Waals surface area contributed by atoms with Crippen LogP contribution < -0.4 is 4.90 Å². The molecule has 3 aromatic rings. The van der Waals surface area contributed by atoms with E-state index in [1.54, 1.807) is 12.5 Å². The first-order valence-corrected chi connectivity index (χ1v) is 8.56. The molecular weight excluding hydrogens is 340 g/mol. The molecule has 0 saturated carbocycles. The van der Waals surface area contributed by atoms with E-state index >= 15 is 0 Å². The standard InChI is InChI=1S/C18H17ClN4O2/c19-13-3-4-14-15(8-13)21-17(9-16(14)23-7-5-20-11-23)22-6-1-2-12(10-22)18(24)25/h3-5,7-9,11-12H,1-2,6,10H2,(H,24,25). The molecule has 0 bridgehead atoms. The third-order valence-electron chi connectivity index (χ3n) is 4.61. The van der Waals surface area contributed by atoms with Gasteiger partial charge in [0.15, 0.2) is 0 Å². The molecular formula is C18H17ClN4O2. The largest absolute Gasteiger partial charge is 0.481 e. The molecule has 1 fully saturated rings. The maximum Gasteiger partial charge on any atom is 0.308 e. The summed E-state index contributed by atoms with van der Waals surface area (Å²) in [6.45, 7) is 1.27. The highest BCUT2D eigenvalue weighted by Gasteiger charge is 2.26. The quantitative estimate of drug-likeness (QED) is 0.779. The monoisotopic (exact) mass is 356 g/mol. The van der Waals surface area contributed by atoms with Crippen molar-refractivity contribution in [2.24, 2.45) is 5.92 Å². The van der Waals surface area contributed by atoms with Gasteiger partial charge in [0.05, 0.1) is 23.4 Å². The van der Waals surface area contributed by atoms with Crippen molar-refractivity contribution in [2.45, 2.75) is 12.8 Å². The van der Waals surface area contributed by atoms with Gasteiger partial charge in [0.1, 0.15) is 5.82 Å². The molecule has 25 heavy (non-hydrogen) atoms. The Morgan fingerprint density at radius 2 is 2.20 bits per heavy atom. The number of piperidine rings is 1. The number of benzene rings is 1. The van der Waals surface area contributed by atoms with Crippen molar-refractivity contribution < 1.29 is 9.90 Å². The van der Waals surface area contributed by atoms with Crippen LogP contribution >= 0.6 is 11.6 Å². The first kappa shape index (κ1) is 15.9. The number of pyridine rings is 1. The number of fused-ring (bicyclic) bond motifs is 1. The number of carboxylic acids is 1. The van der Waals surface area contributed by atoms with Crippen LogP contribution in [0.2, 0.25) is 5.02 Å². The van der Waals surface area contributed by atoms with Crippen LogP contribution in [-0.2, 0) is 4.79 Å². The molecule has 1 aliphatic heterocycles. The maximum absolute atomic E-state index is 11.4. The third-order valence-corrected chi connectivity index (χ3v) is 4.85. The number of imidazole rings is 1. The van der Waals surface area contributed by atoms with Crippen LogP contribution in [0.5, 0.6) is 0 Å². The molecule has 3 heterocycles. The number of halogens is 1. The number of aliphatic carboxylic acids is 1. The second kappa shape index (κ2) is 6.37. The van der Waals surface area contributed by atoms with Crippen molar-refractivity contribution in [1.29, 1.82) is 0 Å². The lowest BCUT2D eigenvalue weighted by Crippen LogP contribution is -2.39. The fourth-order valence-electron chi connectivity index (χ4n) is 3.33. The SMILES string of the molecule is O=C(O)C1CCCN(c2cc(-n3ccnc3)c3ccc(Cl)cc3n2)C1. The molecule has 4 rings (SSSR count). The van der Waals surface area contributed by atoms with Crippen LogP contribution in [0, 0.1) is 5.92 Å². The highest BCUT2D eigenvalue weighted by molar-refractivity contribution is 6.31. The van der Waals surface area contributed by atoms with Crippen LogP contribution in [0.3, 0.4) is 0 Å². The van der Waals surface area contributed by atoms with E-state index in [1.165, 1.54) is 0 Å². The minimum Gasteiger partial charge on any atom is -0.481 e. The Labute approximate surface area is 149 Å². The molecule has 1 unspecified atom stereocenters. The Bertz CT molecular complexity index is 926. The molecule has 0 spiro atoms. The Morgan fingerprint density at radius 3 is 2.96 bits per heavy atom. The number of aromatic nitrogens is 3. The van der Waals surface area contributed by atoms with Crippen molar-refractivity contribution in [3.05, 3.63) is 48.0 Å². The molecule has 1 atom stereocenters. The van der Waals surface area contributed by atoms with Crippen LogP contribution in [-0.4, -0.2) is 38.7 Å². The van der Waals surface area contributed by atoms with Gasteiger partial charge in [0.2, 0.25) is 0 Å². The number of carboxylic acid groups (broad SMARTS) is 1. The van der Waals surface area contributed by atoms with Gasteiger partial charge in [-0.05, 0) is 31.0 Å².